The average molecular weight is 418 g/mol. The second-order valence-corrected chi connectivity index (χ2v) is 7.81. The van der Waals surface area contributed by atoms with Gasteiger partial charge in [0, 0.05) is 17.5 Å². The Morgan fingerprint density at radius 1 is 1.32 bits per heavy atom. The number of pyridine rings is 1. The first-order valence-electron chi connectivity index (χ1n) is 10.1. The summed E-state index contributed by atoms with van der Waals surface area (Å²) in [4.78, 5) is 30.3. The molecule has 4 N–H and O–H groups in total. The van der Waals surface area contributed by atoms with Gasteiger partial charge in [-0.25, -0.2) is 9.78 Å². The fourth-order valence-electron chi connectivity index (χ4n) is 3.30. The number of hydrogen-bond donors (Lipinski definition) is 4. The minimum atomic E-state index is -0.487. The van der Waals surface area contributed by atoms with Crippen LogP contribution in [0.4, 0.5) is 5.82 Å². The first-order chi connectivity index (χ1) is 15.0. The van der Waals surface area contributed by atoms with Gasteiger partial charge in [-0.15, -0.1) is 0 Å². The van der Waals surface area contributed by atoms with Crippen LogP contribution in [-0.4, -0.2) is 40.7 Å². The Balaban J connectivity index is 1.61. The van der Waals surface area contributed by atoms with Gasteiger partial charge in [0.15, 0.2) is 11.1 Å². The number of nitrogens with one attached hydrogen (secondary N) is 3. The molecule has 0 spiro atoms. The van der Waals surface area contributed by atoms with Crippen LogP contribution in [0.15, 0.2) is 40.4 Å². The van der Waals surface area contributed by atoms with Gasteiger partial charge in [-0.2, -0.15) is 9.61 Å². The molecule has 0 saturated heterocycles. The molecule has 0 aliphatic heterocycles. The maximum absolute atomic E-state index is 11.5. The highest BCUT2D eigenvalue weighted by atomic mass is 16.3. The normalized spacial score (nSPS) is 16.2. The lowest BCUT2D eigenvalue weighted by Crippen LogP contribution is -2.21. The predicted molar refractivity (Wildman–Crippen MR) is 114 cm³/mol. The van der Waals surface area contributed by atoms with Crippen LogP contribution >= 0.6 is 0 Å². The Kier molecular flexibility index (Phi) is 4.54. The van der Waals surface area contributed by atoms with Crippen molar-refractivity contribution in [1.29, 1.82) is 0 Å². The van der Waals surface area contributed by atoms with E-state index in [1.54, 1.807) is 16.8 Å². The van der Waals surface area contributed by atoms with E-state index in [0.29, 0.717) is 28.2 Å². The summed E-state index contributed by atoms with van der Waals surface area (Å²) in [6.45, 7) is 4.02. The number of hydrogen-bond acceptors (Lipinski definition) is 7. The summed E-state index contributed by atoms with van der Waals surface area (Å²) in [5.41, 5.74) is 3.05. The van der Waals surface area contributed by atoms with Gasteiger partial charge in [0.05, 0.1) is 24.0 Å². The first kappa shape index (κ1) is 19.0. The second kappa shape index (κ2) is 7.38. The van der Waals surface area contributed by atoms with Gasteiger partial charge in [0.2, 0.25) is 5.88 Å². The summed E-state index contributed by atoms with van der Waals surface area (Å²) in [6.07, 6.45) is 7.22. The van der Waals surface area contributed by atoms with Gasteiger partial charge in [0.1, 0.15) is 11.5 Å². The molecule has 4 aromatic heterocycles. The Morgan fingerprint density at radius 2 is 2.16 bits per heavy atom. The fourth-order valence-corrected chi connectivity index (χ4v) is 3.30. The molecule has 0 aromatic carbocycles. The first-order valence-corrected chi connectivity index (χ1v) is 10.1. The fraction of sp³-hybridized carbons (Fsp3) is 0.286. The van der Waals surface area contributed by atoms with Crippen LogP contribution in [-0.2, 0) is 0 Å². The van der Waals surface area contributed by atoms with E-state index in [-0.39, 0.29) is 17.6 Å². The third kappa shape index (κ3) is 3.91. The molecule has 10 nitrogen and oxygen atoms in total. The van der Waals surface area contributed by atoms with Crippen molar-refractivity contribution in [3.63, 3.8) is 0 Å². The van der Waals surface area contributed by atoms with Gasteiger partial charge in [-0.1, -0.05) is 6.07 Å². The number of aromatic nitrogens is 6. The molecular weight excluding hydrogens is 396 g/mol. The van der Waals surface area contributed by atoms with E-state index in [4.69, 9.17) is 9.98 Å². The molecule has 1 aliphatic carbocycles. The van der Waals surface area contributed by atoms with E-state index in [2.05, 4.69) is 25.4 Å². The van der Waals surface area contributed by atoms with E-state index >= 15 is 0 Å². The molecule has 1 atom stereocenters. The Labute approximate surface area is 176 Å². The number of aryl methyl sites for hydroxylation is 1. The zero-order valence-corrected chi connectivity index (χ0v) is 17.1. The Morgan fingerprint density at radius 3 is 2.84 bits per heavy atom. The molecule has 0 radical (unpaired) electrons. The molecule has 5 rings (SSSR count). The van der Waals surface area contributed by atoms with Gasteiger partial charge in [-0.3, -0.25) is 15.0 Å². The molecule has 0 bridgehead atoms. The molecule has 1 saturated carbocycles. The average Bonchev–Trinajstić information content (AvgIpc) is 3.37. The zero-order chi connectivity index (χ0) is 21.5. The minimum absolute atomic E-state index is 0.0650. The Bertz CT molecular complexity index is 1430. The van der Waals surface area contributed by atoms with Crippen molar-refractivity contribution < 1.29 is 5.11 Å². The van der Waals surface area contributed by atoms with Crippen LogP contribution in [0.5, 0.6) is 5.88 Å². The maximum atomic E-state index is 11.5. The van der Waals surface area contributed by atoms with Gasteiger partial charge in [-0.05, 0) is 44.4 Å². The highest BCUT2D eigenvalue weighted by Gasteiger charge is 2.20. The van der Waals surface area contributed by atoms with E-state index in [0.717, 1.165) is 24.1 Å². The summed E-state index contributed by atoms with van der Waals surface area (Å²) >= 11 is 0. The quantitative estimate of drug-likeness (QED) is 0.381. The third-order valence-corrected chi connectivity index (χ3v) is 5.12. The number of H-pyrrole nitrogens is 2. The number of aromatic hydroxyl groups is 1. The maximum Gasteiger partial charge on any atom is 0.326 e. The molecule has 10 heteroatoms. The van der Waals surface area contributed by atoms with Gasteiger partial charge in [0.25, 0.3) is 0 Å². The van der Waals surface area contributed by atoms with Crippen molar-refractivity contribution in [1.82, 2.24) is 29.5 Å². The van der Waals surface area contributed by atoms with Crippen molar-refractivity contribution in [2.45, 2.75) is 38.8 Å². The summed E-state index contributed by atoms with van der Waals surface area (Å²) in [7, 11) is 0. The summed E-state index contributed by atoms with van der Waals surface area (Å²) in [6, 6.07) is 6.13. The standard InChI is InChI=1S/C21H22N8O2/c1-11-3-6-15(22-9-11)12(2)24-17-8-18(25-14-4-5-14)29-19(27-17)13(10-23-29)7-16-20(30)28-21(31)26-16/h3,6-10,12,14,24,30H,4-5H2,1-2H3,(H2,26,28,31). The smallest absolute Gasteiger partial charge is 0.326 e. The van der Waals surface area contributed by atoms with Gasteiger partial charge >= 0.3 is 5.69 Å². The van der Waals surface area contributed by atoms with E-state index in [1.807, 2.05) is 38.2 Å². The lowest BCUT2D eigenvalue weighted by atomic mass is 10.2. The molecule has 0 amide bonds. The van der Waals surface area contributed by atoms with Crippen molar-refractivity contribution in [3.05, 3.63) is 68.7 Å². The summed E-state index contributed by atoms with van der Waals surface area (Å²) in [5.74, 6) is 0.407. The second-order valence-electron chi connectivity index (χ2n) is 7.81. The van der Waals surface area contributed by atoms with Crippen LogP contribution in [0.2, 0.25) is 0 Å². The SMILES string of the molecule is Cc1ccc(C(C)Nc2cc(=NC3CC3)n3ncc(=Cc4[nH]c(=O)[nH]c4O)c3n2)nc1. The largest absolute Gasteiger partial charge is 0.493 e. The van der Waals surface area contributed by atoms with E-state index in [1.165, 1.54) is 0 Å². The molecule has 4 aromatic rings. The van der Waals surface area contributed by atoms with Crippen LogP contribution in [0.1, 0.15) is 42.8 Å². The van der Waals surface area contributed by atoms with Crippen molar-refractivity contribution >= 4 is 17.5 Å². The van der Waals surface area contributed by atoms with E-state index in [9.17, 15) is 9.90 Å². The molecule has 1 unspecified atom stereocenters. The zero-order valence-electron chi connectivity index (χ0n) is 17.1. The summed E-state index contributed by atoms with van der Waals surface area (Å²) in [5, 5.41) is 18.4. The van der Waals surface area contributed by atoms with Crippen LogP contribution in [0, 0.1) is 6.92 Å². The van der Waals surface area contributed by atoms with Gasteiger partial charge < -0.3 is 15.4 Å². The highest BCUT2D eigenvalue weighted by Crippen LogP contribution is 2.22. The van der Waals surface area contributed by atoms with Crippen molar-refractivity contribution in [2.75, 3.05) is 5.32 Å². The molecule has 1 aliphatic rings. The summed E-state index contributed by atoms with van der Waals surface area (Å²) < 4.78 is 1.67. The minimum Gasteiger partial charge on any atom is -0.493 e. The molecule has 4 heterocycles. The molecule has 31 heavy (non-hydrogen) atoms. The van der Waals surface area contributed by atoms with Crippen LogP contribution in [0.3, 0.4) is 0 Å². The number of rotatable bonds is 5. The Hall–Kier alpha value is -3.95. The number of aromatic amines is 2. The van der Waals surface area contributed by atoms with Crippen molar-refractivity contribution in [2.24, 2.45) is 4.99 Å². The monoisotopic (exact) mass is 418 g/mol. The van der Waals surface area contributed by atoms with Crippen molar-refractivity contribution in [3.8, 4) is 5.88 Å². The number of imidazole rings is 1. The lowest BCUT2D eigenvalue weighted by molar-refractivity contribution is 0.454. The third-order valence-electron chi connectivity index (χ3n) is 5.12. The van der Waals surface area contributed by atoms with Crippen LogP contribution < -0.4 is 21.7 Å². The lowest BCUT2D eigenvalue weighted by Gasteiger charge is -2.14. The predicted octanol–water partition coefficient (Wildman–Crippen LogP) is 0.939. The van der Waals surface area contributed by atoms with Crippen LogP contribution in [0.25, 0.3) is 11.7 Å². The highest BCUT2D eigenvalue weighted by molar-refractivity contribution is 5.58. The molecule has 158 valence electrons. The molecule has 1 fully saturated rings. The topological polar surface area (TPSA) is 136 Å². The number of anilines is 1. The van der Waals surface area contributed by atoms with E-state index < -0.39 is 5.69 Å². The number of nitrogens with zero attached hydrogens (tertiary/aromatic N) is 5. The molecular formula is C21H22N8O2. The number of fused-ring (bicyclic) bond motifs is 1.